The van der Waals surface area contributed by atoms with Gasteiger partial charge in [0.2, 0.25) is 0 Å². The minimum Gasteiger partial charge on any atom is -0.387 e. The van der Waals surface area contributed by atoms with Crippen LogP contribution in [-0.4, -0.2) is 64.6 Å². The molecule has 1 heterocycles. The summed E-state index contributed by atoms with van der Waals surface area (Å²) in [4.78, 5) is 0. The summed E-state index contributed by atoms with van der Waals surface area (Å²) in [7, 11) is 0. The van der Waals surface area contributed by atoms with Crippen molar-refractivity contribution in [2.45, 2.75) is 37.3 Å². The lowest BCUT2D eigenvalue weighted by Crippen LogP contribution is -2.59. The summed E-state index contributed by atoms with van der Waals surface area (Å²) in [6.07, 6.45) is -5.64. The summed E-state index contributed by atoms with van der Waals surface area (Å²) in [5.74, 6) is 0. The number of ether oxygens (including phenoxy) is 3. The van der Waals surface area contributed by atoms with Crippen LogP contribution in [0.5, 0.6) is 0 Å². The van der Waals surface area contributed by atoms with E-state index in [4.69, 9.17) is 14.2 Å². The SMILES string of the molecule is O[C@@H]1[C@H](O)[C@@H](OCc2ccccc2)O[C@H](COCCBr)[C@H]1O. The lowest BCUT2D eigenvalue weighted by Gasteiger charge is -2.40. The van der Waals surface area contributed by atoms with Crippen molar-refractivity contribution in [3.05, 3.63) is 35.9 Å². The molecule has 0 unspecified atom stereocenters. The maximum Gasteiger partial charge on any atom is 0.187 e. The van der Waals surface area contributed by atoms with Gasteiger partial charge in [-0.1, -0.05) is 46.3 Å². The molecular weight excluding hydrogens is 356 g/mol. The normalized spacial score (nSPS) is 32.1. The van der Waals surface area contributed by atoms with Gasteiger partial charge in [0.1, 0.15) is 24.4 Å². The van der Waals surface area contributed by atoms with Crippen molar-refractivity contribution in [3.63, 3.8) is 0 Å². The van der Waals surface area contributed by atoms with E-state index in [0.29, 0.717) is 11.9 Å². The van der Waals surface area contributed by atoms with Gasteiger partial charge in [-0.3, -0.25) is 0 Å². The Labute approximate surface area is 137 Å². The van der Waals surface area contributed by atoms with Crippen LogP contribution < -0.4 is 0 Å². The van der Waals surface area contributed by atoms with E-state index < -0.39 is 30.7 Å². The Morgan fingerprint density at radius 2 is 1.77 bits per heavy atom. The first kappa shape index (κ1) is 17.8. The molecule has 124 valence electrons. The summed E-state index contributed by atoms with van der Waals surface area (Å²) in [5.41, 5.74) is 0.922. The number of benzene rings is 1. The van der Waals surface area contributed by atoms with E-state index in [1.807, 2.05) is 30.3 Å². The molecule has 1 aromatic rings. The van der Waals surface area contributed by atoms with Gasteiger partial charge in [0.05, 0.1) is 19.8 Å². The van der Waals surface area contributed by atoms with Crippen molar-refractivity contribution < 1.29 is 29.5 Å². The van der Waals surface area contributed by atoms with Gasteiger partial charge < -0.3 is 29.5 Å². The average molecular weight is 377 g/mol. The van der Waals surface area contributed by atoms with Crippen LogP contribution in [-0.2, 0) is 20.8 Å². The molecule has 6 nitrogen and oxygen atoms in total. The highest BCUT2D eigenvalue weighted by Crippen LogP contribution is 2.23. The number of halogens is 1. The van der Waals surface area contributed by atoms with E-state index >= 15 is 0 Å². The molecule has 5 atom stereocenters. The Morgan fingerprint density at radius 1 is 1.05 bits per heavy atom. The summed E-state index contributed by atoms with van der Waals surface area (Å²) in [5, 5.41) is 30.5. The monoisotopic (exact) mass is 376 g/mol. The quantitative estimate of drug-likeness (QED) is 0.472. The maximum atomic E-state index is 9.97. The maximum absolute atomic E-state index is 9.97. The molecule has 7 heteroatoms. The standard InChI is InChI=1S/C15H21BrO6/c16-6-7-20-9-11-12(17)13(18)14(19)15(22-11)21-8-10-4-2-1-3-5-10/h1-5,11-15,17-19H,6-9H2/t11-,12-,13+,14+,15+/m1/s1. The smallest absolute Gasteiger partial charge is 0.187 e. The van der Waals surface area contributed by atoms with E-state index in [2.05, 4.69) is 15.9 Å². The fourth-order valence-corrected chi connectivity index (χ4v) is 2.43. The summed E-state index contributed by atoms with van der Waals surface area (Å²) >= 11 is 3.23. The van der Waals surface area contributed by atoms with Gasteiger partial charge in [0, 0.05) is 5.33 Å². The zero-order valence-corrected chi connectivity index (χ0v) is 13.6. The third-order valence-electron chi connectivity index (χ3n) is 3.43. The van der Waals surface area contributed by atoms with Crippen molar-refractivity contribution >= 4 is 15.9 Å². The molecule has 0 amide bonds. The number of aliphatic hydroxyl groups excluding tert-OH is 3. The van der Waals surface area contributed by atoms with Gasteiger partial charge >= 0.3 is 0 Å². The lowest BCUT2D eigenvalue weighted by atomic mass is 9.99. The highest BCUT2D eigenvalue weighted by Gasteiger charge is 2.44. The highest BCUT2D eigenvalue weighted by atomic mass is 79.9. The number of hydrogen-bond donors (Lipinski definition) is 3. The predicted molar refractivity (Wildman–Crippen MR) is 82.5 cm³/mol. The van der Waals surface area contributed by atoms with Crippen LogP contribution >= 0.6 is 15.9 Å². The van der Waals surface area contributed by atoms with Crippen LogP contribution in [0.1, 0.15) is 5.56 Å². The Morgan fingerprint density at radius 3 is 2.45 bits per heavy atom. The van der Waals surface area contributed by atoms with Crippen molar-refractivity contribution in [1.82, 2.24) is 0 Å². The van der Waals surface area contributed by atoms with Crippen LogP contribution in [0.15, 0.2) is 30.3 Å². The van der Waals surface area contributed by atoms with Crippen molar-refractivity contribution in [1.29, 1.82) is 0 Å². The molecule has 1 saturated heterocycles. The van der Waals surface area contributed by atoms with E-state index in [9.17, 15) is 15.3 Å². The van der Waals surface area contributed by atoms with Gasteiger partial charge in [-0.25, -0.2) is 0 Å². The predicted octanol–water partition coefficient (Wildman–Crippen LogP) is 0.422. The molecule has 1 aromatic carbocycles. The second-order valence-electron chi connectivity index (χ2n) is 5.08. The first-order valence-electron chi connectivity index (χ1n) is 7.12. The number of aliphatic hydroxyl groups is 3. The van der Waals surface area contributed by atoms with E-state index in [1.54, 1.807) is 0 Å². The molecule has 0 bridgehead atoms. The minimum atomic E-state index is -1.34. The molecule has 0 spiro atoms. The van der Waals surface area contributed by atoms with Crippen LogP contribution in [0.2, 0.25) is 0 Å². The van der Waals surface area contributed by atoms with E-state index in [-0.39, 0.29) is 13.2 Å². The fourth-order valence-electron chi connectivity index (χ4n) is 2.20. The zero-order chi connectivity index (χ0) is 15.9. The Bertz CT molecular complexity index is 431. The Hall–Kier alpha value is -0.540. The van der Waals surface area contributed by atoms with Gasteiger partial charge in [0.25, 0.3) is 0 Å². The summed E-state index contributed by atoms with van der Waals surface area (Å²) in [6.45, 7) is 0.808. The molecule has 1 aliphatic heterocycles. The second kappa shape index (κ2) is 8.93. The molecular formula is C15H21BrO6. The third kappa shape index (κ3) is 4.73. The molecule has 0 aromatic heterocycles. The van der Waals surface area contributed by atoms with Gasteiger partial charge in [0.15, 0.2) is 6.29 Å². The molecule has 3 N–H and O–H groups in total. The van der Waals surface area contributed by atoms with Gasteiger partial charge in [-0.15, -0.1) is 0 Å². The van der Waals surface area contributed by atoms with Gasteiger partial charge in [-0.2, -0.15) is 0 Å². The van der Waals surface area contributed by atoms with Crippen molar-refractivity contribution in [3.8, 4) is 0 Å². The van der Waals surface area contributed by atoms with E-state index in [1.165, 1.54) is 0 Å². The van der Waals surface area contributed by atoms with Crippen LogP contribution in [0.25, 0.3) is 0 Å². The number of rotatable bonds is 7. The van der Waals surface area contributed by atoms with Crippen LogP contribution in [0, 0.1) is 0 Å². The average Bonchev–Trinajstić information content (AvgIpc) is 2.55. The summed E-state index contributed by atoms with van der Waals surface area (Å²) in [6, 6.07) is 9.43. The van der Waals surface area contributed by atoms with Crippen LogP contribution in [0.3, 0.4) is 0 Å². The fraction of sp³-hybridized carbons (Fsp3) is 0.600. The molecule has 2 rings (SSSR count). The molecule has 22 heavy (non-hydrogen) atoms. The minimum absolute atomic E-state index is 0.113. The highest BCUT2D eigenvalue weighted by molar-refractivity contribution is 9.09. The Balaban J connectivity index is 1.91. The van der Waals surface area contributed by atoms with Gasteiger partial charge in [-0.05, 0) is 5.56 Å². The molecule has 1 aliphatic rings. The second-order valence-corrected chi connectivity index (χ2v) is 5.87. The number of alkyl halides is 1. The third-order valence-corrected chi connectivity index (χ3v) is 3.75. The lowest BCUT2D eigenvalue weighted by molar-refractivity contribution is -0.305. The van der Waals surface area contributed by atoms with Crippen molar-refractivity contribution in [2.75, 3.05) is 18.5 Å². The molecule has 0 saturated carbocycles. The first-order chi connectivity index (χ1) is 10.6. The Kier molecular flexibility index (Phi) is 7.23. The van der Waals surface area contributed by atoms with Crippen molar-refractivity contribution in [2.24, 2.45) is 0 Å². The molecule has 0 radical (unpaired) electrons. The summed E-state index contributed by atoms with van der Waals surface area (Å²) < 4.78 is 16.4. The van der Waals surface area contributed by atoms with Crippen LogP contribution in [0.4, 0.5) is 0 Å². The topological polar surface area (TPSA) is 88.4 Å². The molecule has 1 fully saturated rings. The largest absolute Gasteiger partial charge is 0.387 e. The molecule has 0 aliphatic carbocycles. The first-order valence-corrected chi connectivity index (χ1v) is 8.24. The zero-order valence-electron chi connectivity index (χ0n) is 12.0. The van der Waals surface area contributed by atoms with E-state index in [0.717, 1.165) is 5.56 Å². The number of hydrogen-bond acceptors (Lipinski definition) is 6.